The molecule has 0 nitrogen and oxygen atoms in total. The molecule has 0 heterocycles. The Morgan fingerprint density at radius 1 is 0.692 bits per heavy atom. The van der Waals surface area contributed by atoms with E-state index in [0.717, 1.165) is 0 Å². The molecule has 0 amide bonds. The van der Waals surface area contributed by atoms with E-state index in [0.29, 0.717) is 11.8 Å². The first-order chi connectivity index (χ1) is 5.61. The summed E-state index contributed by atoms with van der Waals surface area (Å²) in [5.41, 5.74) is 2.86. The summed E-state index contributed by atoms with van der Waals surface area (Å²) in [5, 5.41) is 0. The molecule has 72 valence electrons. The van der Waals surface area contributed by atoms with E-state index < -0.39 is 0 Å². The molecule has 0 atom stereocenters. The van der Waals surface area contributed by atoms with Crippen LogP contribution >= 0.6 is 0 Å². The molecule has 0 bridgehead atoms. The van der Waals surface area contributed by atoms with E-state index in [1.807, 2.05) is 0 Å². The predicted molar refractivity (Wildman–Crippen MR) is 54.6 cm³/mol. The normalized spacial score (nSPS) is 10.3. The van der Waals surface area contributed by atoms with Crippen molar-refractivity contribution in [3.63, 3.8) is 0 Å². The van der Waals surface area contributed by atoms with Crippen molar-refractivity contribution in [2.75, 3.05) is 0 Å². The summed E-state index contributed by atoms with van der Waals surface area (Å²) in [6.45, 7) is 8.91. The maximum absolute atomic E-state index is 2.24. The molecule has 0 spiro atoms. The Morgan fingerprint density at radius 2 is 0.923 bits per heavy atom. The summed E-state index contributed by atoms with van der Waals surface area (Å²) in [4.78, 5) is 0. The van der Waals surface area contributed by atoms with Crippen molar-refractivity contribution in [1.82, 2.24) is 0 Å². The molecule has 0 saturated carbocycles. The number of hydrogen-bond donors (Lipinski definition) is 0. The first-order valence-electron chi connectivity index (χ1n) is 4.71. The second-order valence-corrected chi connectivity index (χ2v) is 3.98. The van der Waals surface area contributed by atoms with Gasteiger partial charge in [0.1, 0.15) is 0 Å². The summed E-state index contributed by atoms with van der Waals surface area (Å²) in [7, 11) is 0. The average Bonchev–Trinajstić information content (AvgIpc) is 2.04. The van der Waals surface area contributed by atoms with Gasteiger partial charge in [0.05, 0.1) is 0 Å². The number of hydrogen-bond acceptors (Lipinski definition) is 0. The van der Waals surface area contributed by atoms with Crippen molar-refractivity contribution in [2.45, 2.75) is 39.5 Å². The second kappa shape index (κ2) is 5.48. The fourth-order valence-electron chi connectivity index (χ4n) is 1.27. The van der Waals surface area contributed by atoms with Crippen LogP contribution in [0.5, 0.6) is 0 Å². The first kappa shape index (κ1) is 12.8. The van der Waals surface area contributed by atoms with E-state index in [1.54, 1.807) is 0 Å². The minimum atomic E-state index is 0. The zero-order valence-corrected chi connectivity index (χ0v) is 10.1. The Morgan fingerprint density at radius 3 is 1.08 bits per heavy atom. The minimum Gasteiger partial charge on any atom is -0.0587 e. The summed E-state index contributed by atoms with van der Waals surface area (Å²) in [5.74, 6) is 1.29. The topological polar surface area (TPSA) is 0 Å². The fourth-order valence-corrected chi connectivity index (χ4v) is 1.27. The van der Waals surface area contributed by atoms with E-state index in [2.05, 4.69) is 52.0 Å². The van der Waals surface area contributed by atoms with Gasteiger partial charge >= 0.3 is 0 Å². The van der Waals surface area contributed by atoms with Crippen LogP contribution in [-0.4, -0.2) is 0 Å². The van der Waals surface area contributed by atoms with Crippen molar-refractivity contribution in [3.8, 4) is 0 Å². The molecule has 0 N–H and O–H groups in total. The van der Waals surface area contributed by atoms with Crippen LogP contribution in [0.15, 0.2) is 24.3 Å². The second-order valence-electron chi connectivity index (χ2n) is 3.98. The third-order valence-electron chi connectivity index (χ3n) is 2.27. The van der Waals surface area contributed by atoms with Crippen LogP contribution in [-0.2, 0) is 17.4 Å². The summed E-state index contributed by atoms with van der Waals surface area (Å²) in [6.07, 6.45) is 0. The summed E-state index contributed by atoms with van der Waals surface area (Å²) < 4.78 is 0. The van der Waals surface area contributed by atoms with E-state index in [9.17, 15) is 0 Å². The van der Waals surface area contributed by atoms with Crippen LogP contribution in [0, 0.1) is 0 Å². The molecule has 0 aromatic heterocycles. The van der Waals surface area contributed by atoms with Gasteiger partial charge in [-0.25, -0.2) is 0 Å². The van der Waals surface area contributed by atoms with Gasteiger partial charge in [0.15, 0.2) is 0 Å². The molecular formula is C12H18Cr. The van der Waals surface area contributed by atoms with Gasteiger partial charge in [0.25, 0.3) is 0 Å². The molecule has 1 aromatic carbocycles. The van der Waals surface area contributed by atoms with Crippen molar-refractivity contribution >= 4 is 0 Å². The van der Waals surface area contributed by atoms with Crippen LogP contribution in [0.3, 0.4) is 0 Å². The maximum atomic E-state index is 2.24. The smallest absolute Gasteiger partial charge is 0 e. The molecule has 0 fully saturated rings. The van der Waals surface area contributed by atoms with Gasteiger partial charge in [-0.2, -0.15) is 0 Å². The fraction of sp³-hybridized carbons (Fsp3) is 0.500. The van der Waals surface area contributed by atoms with E-state index in [4.69, 9.17) is 0 Å². The molecule has 1 aromatic rings. The van der Waals surface area contributed by atoms with Gasteiger partial charge in [-0.3, -0.25) is 0 Å². The SMILES string of the molecule is CC(C)c1ccc(C(C)C)cc1.[Cr]. The summed E-state index contributed by atoms with van der Waals surface area (Å²) in [6, 6.07) is 8.94. The molecule has 0 radical (unpaired) electrons. The quantitative estimate of drug-likeness (QED) is 0.699. The van der Waals surface area contributed by atoms with Crippen molar-refractivity contribution in [2.24, 2.45) is 0 Å². The standard InChI is InChI=1S/C12H18.Cr/c1-9(2)11-5-7-12(8-6-11)10(3)4;/h5-10H,1-4H3;. The Labute approximate surface area is 92.5 Å². The van der Waals surface area contributed by atoms with Crippen molar-refractivity contribution in [3.05, 3.63) is 35.4 Å². The molecule has 13 heavy (non-hydrogen) atoms. The maximum Gasteiger partial charge on any atom is 0 e. The molecule has 1 rings (SSSR count). The molecule has 0 aliphatic rings. The van der Waals surface area contributed by atoms with Crippen molar-refractivity contribution < 1.29 is 17.4 Å². The summed E-state index contributed by atoms with van der Waals surface area (Å²) >= 11 is 0. The van der Waals surface area contributed by atoms with Gasteiger partial charge in [0, 0.05) is 17.4 Å². The van der Waals surface area contributed by atoms with Gasteiger partial charge in [-0.05, 0) is 23.0 Å². The van der Waals surface area contributed by atoms with E-state index >= 15 is 0 Å². The molecule has 0 aliphatic carbocycles. The minimum absolute atomic E-state index is 0. The van der Waals surface area contributed by atoms with Crippen LogP contribution in [0.25, 0.3) is 0 Å². The zero-order valence-electron chi connectivity index (χ0n) is 8.87. The molecule has 0 saturated heterocycles. The Bertz CT molecular complexity index is 207. The van der Waals surface area contributed by atoms with Crippen LogP contribution in [0.1, 0.15) is 50.7 Å². The van der Waals surface area contributed by atoms with Gasteiger partial charge < -0.3 is 0 Å². The van der Waals surface area contributed by atoms with Crippen LogP contribution in [0.4, 0.5) is 0 Å². The molecule has 0 unspecified atom stereocenters. The number of benzene rings is 1. The predicted octanol–water partition coefficient (Wildman–Crippen LogP) is 3.93. The molecular weight excluding hydrogens is 196 g/mol. The molecule has 0 aliphatic heterocycles. The Kier molecular flexibility index (Phi) is 5.37. The zero-order chi connectivity index (χ0) is 9.14. The average molecular weight is 214 g/mol. The van der Waals surface area contributed by atoms with Gasteiger partial charge in [0.2, 0.25) is 0 Å². The van der Waals surface area contributed by atoms with Crippen molar-refractivity contribution in [1.29, 1.82) is 0 Å². The largest absolute Gasteiger partial charge is 0.0587 e. The third-order valence-corrected chi connectivity index (χ3v) is 2.27. The first-order valence-corrected chi connectivity index (χ1v) is 4.71. The number of rotatable bonds is 2. The monoisotopic (exact) mass is 214 g/mol. The Balaban J connectivity index is 0.00000144. The van der Waals surface area contributed by atoms with E-state index in [1.165, 1.54) is 11.1 Å². The van der Waals surface area contributed by atoms with E-state index in [-0.39, 0.29) is 17.4 Å². The van der Waals surface area contributed by atoms with Gasteiger partial charge in [-0.15, -0.1) is 0 Å². The van der Waals surface area contributed by atoms with Gasteiger partial charge in [-0.1, -0.05) is 52.0 Å². The Hall–Kier alpha value is -0.248. The third kappa shape index (κ3) is 3.55. The van der Waals surface area contributed by atoms with Crippen LogP contribution < -0.4 is 0 Å². The van der Waals surface area contributed by atoms with Crippen LogP contribution in [0.2, 0.25) is 0 Å². The molecule has 1 heteroatoms.